The standard InChI is InChI=1S/C15H18Br2N4/c1-3-5-11-14(18-4-2)19-9-20-15(11)21-13-8-10(16)6-7-12(13)17/h6-9H,3-5H2,1-2H3,(H2,18,19,20,21). The van der Waals surface area contributed by atoms with E-state index in [4.69, 9.17) is 0 Å². The molecule has 21 heavy (non-hydrogen) atoms. The van der Waals surface area contributed by atoms with Crippen LogP contribution in [0.3, 0.4) is 0 Å². The molecule has 0 radical (unpaired) electrons. The molecule has 1 heterocycles. The van der Waals surface area contributed by atoms with Crippen LogP contribution in [0.25, 0.3) is 0 Å². The Kier molecular flexibility index (Phi) is 5.99. The van der Waals surface area contributed by atoms with E-state index in [1.165, 1.54) is 0 Å². The van der Waals surface area contributed by atoms with Gasteiger partial charge in [0, 0.05) is 21.1 Å². The van der Waals surface area contributed by atoms with E-state index in [-0.39, 0.29) is 0 Å². The molecular weight excluding hydrogens is 396 g/mol. The Morgan fingerprint density at radius 2 is 1.86 bits per heavy atom. The van der Waals surface area contributed by atoms with Crippen LogP contribution in [0.1, 0.15) is 25.8 Å². The van der Waals surface area contributed by atoms with Crippen LogP contribution in [0.5, 0.6) is 0 Å². The van der Waals surface area contributed by atoms with Crippen LogP contribution in [-0.2, 0) is 6.42 Å². The molecule has 4 nitrogen and oxygen atoms in total. The summed E-state index contributed by atoms with van der Waals surface area (Å²) in [7, 11) is 0. The lowest BCUT2D eigenvalue weighted by Gasteiger charge is -2.15. The number of rotatable bonds is 6. The molecule has 0 saturated carbocycles. The van der Waals surface area contributed by atoms with Crippen molar-refractivity contribution in [3.05, 3.63) is 39.0 Å². The van der Waals surface area contributed by atoms with Crippen LogP contribution >= 0.6 is 31.9 Å². The highest BCUT2D eigenvalue weighted by molar-refractivity contribution is 9.11. The summed E-state index contributed by atoms with van der Waals surface area (Å²) < 4.78 is 2.02. The Morgan fingerprint density at radius 3 is 2.57 bits per heavy atom. The molecule has 0 saturated heterocycles. The van der Waals surface area contributed by atoms with Crippen molar-refractivity contribution in [1.29, 1.82) is 0 Å². The zero-order valence-corrected chi connectivity index (χ0v) is 15.3. The van der Waals surface area contributed by atoms with E-state index >= 15 is 0 Å². The van der Waals surface area contributed by atoms with E-state index in [0.717, 1.165) is 51.2 Å². The fourth-order valence-corrected chi connectivity index (χ4v) is 2.75. The molecule has 2 N–H and O–H groups in total. The van der Waals surface area contributed by atoms with Gasteiger partial charge < -0.3 is 10.6 Å². The Labute approximate surface area is 142 Å². The maximum atomic E-state index is 4.41. The van der Waals surface area contributed by atoms with Crippen molar-refractivity contribution in [1.82, 2.24) is 9.97 Å². The van der Waals surface area contributed by atoms with Gasteiger partial charge in [-0.1, -0.05) is 29.3 Å². The summed E-state index contributed by atoms with van der Waals surface area (Å²) >= 11 is 7.05. The van der Waals surface area contributed by atoms with Gasteiger partial charge in [-0.05, 0) is 47.5 Å². The number of aromatic nitrogens is 2. The molecule has 1 aromatic heterocycles. The number of hydrogen-bond donors (Lipinski definition) is 2. The smallest absolute Gasteiger partial charge is 0.139 e. The van der Waals surface area contributed by atoms with Crippen molar-refractivity contribution in [2.24, 2.45) is 0 Å². The Bertz CT molecular complexity index is 617. The van der Waals surface area contributed by atoms with Crippen molar-refractivity contribution in [3.63, 3.8) is 0 Å². The number of benzene rings is 1. The van der Waals surface area contributed by atoms with Gasteiger partial charge in [0.25, 0.3) is 0 Å². The van der Waals surface area contributed by atoms with E-state index in [1.807, 2.05) is 18.2 Å². The van der Waals surface area contributed by atoms with Crippen molar-refractivity contribution < 1.29 is 0 Å². The molecule has 0 atom stereocenters. The lowest BCUT2D eigenvalue weighted by Crippen LogP contribution is -2.08. The SMILES string of the molecule is CCCc1c(NCC)ncnc1Nc1cc(Br)ccc1Br. The number of halogens is 2. The number of nitrogens with zero attached hydrogens (tertiary/aromatic N) is 2. The number of anilines is 3. The van der Waals surface area contributed by atoms with Crippen molar-refractivity contribution in [2.45, 2.75) is 26.7 Å². The van der Waals surface area contributed by atoms with Gasteiger partial charge in [-0.25, -0.2) is 9.97 Å². The first-order chi connectivity index (χ1) is 10.2. The molecule has 0 fully saturated rings. The van der Waals surface area contributed by atoms with Crippen LogP contribution in [0.15, 0.2) is 33.5 Å². The fraction of sp³-hybridized carbons (Fsp3) is 0.333. The second kappa shape index (κ2) is 7.75. The van der Waals surface area contributed by atoms with E-state index in [9.17, 15) is 0 Å². The monoisotopic (exact) mass is 412 g/mol. The third-order valence-corrected chi connectivity index (χ3v) is 4.16. The lowest BCUT2D eigenvalue weighted by molar-refractivity contribution is 0.902. The van der Waals surface area contributed by atoms with Gasteiger partial charge in [-0.3, -0.25) is 0 Å². The van der Waals surface area contributed by atoms with Crippen LogP contribution in [0.4, 0.5) is 17.3 Å². The minimum atomic E-state index is 0.841. The first-order valence-corrected chi connectivity index (χ1v) is 8.54. The first kappa shape index (κ1) is 16.2. The Morgan fingerprint density at radius 1 is 1.10 bits per heavy atom. The van der Waals surface area contributed by atoms with Crippen LogP contribution < -0.4 is 10.6 Å². The molecule has 0 aliphatic heterocycles. The average Bonchev–Trinajstić information content (AvgIpc) is 2.46. The lowest BCUT2D eigenvalue weighted by atomic mass is 10.1. The van der Waals surface area contributed by atoms with Crippen LogP contribution in [-0.4, -0.2) is 16.5 Å². The minimum absolute atomic E-state index is 0.841. The maximum Gasteiger partial charge on any atom is 0.139 e. The molecule has 0 amide bonds. The van der Waals surface area contributed by atoms with E-state index in [2.05, 4.69) is 66.3 Å². The predicted octanol–water partition coefficient (Wildman–Crippen LogP) is 5.13. The first-order valence-electron chi connectivity index (χ1n) is 6.95. The summed E-state index contributed by atoms with van der Waals surface area (Å²) in [6.07, 6.45) is 3.56. The number of hydrogen-bond acceptors (Lipinski definition) is 4. The third-order valence-electron chi connectivity index (χ3n) is 2.97. The average molecular weight is 414 g/mol. The van der Waals surface area contributed by atoms with Gasteiger partial charge >= 0.3 is 0 Å². The van der Waals surface area contributed by atoms with Gasteiger partial charge in [0.05, 0.1) is 5.69 Å². The van der Waals surface area contributed by atoms with Gasteiger partial charge in [0.2, 0.25) is 0 Å². The van der Waals surface area contributed by atoms with Gasteiger partial charge in [-0.2, -0.15) is 0 Å². The fourth-order valence-electron chi connectivity index (χ4n) is 2.05. The molecule has 0 aliphatic carbocycles. The highest BCUT2D eigenvalue weighted by Crippen LogP contribution is 2.31. The largest absolute Gasteiger partial charge is 0.370 e. The molecule has 0 aliphatic rings. The van der Waals surface area contributed by atoms with Gasteiger partial charge in [0.1, 0.15) is 18.0 Å². The molecule has 6 heteroatoms. The van der Waals surface area contributed by atoms with E-state index < -0.39 is 0 Å². The summed E-state index contributed by atoms with van der Waals surface area (Å²) in [4.78, 5) is 8.75. The maximum absolute atomic E-state index is 4.41. The van der Waals surface area contributed by atoms with Crippen molar-refractivity contribution in [3.8, 4) is 0 Å². The van der Waals surface area contributed by atoms with E-state index in [1.54, 1.807) is 6.33 Å². The highest BCUT2D eigenvalue weighted by atomic mass is 79.9. The van der Waals surface area contributed by atoms with Gasteiger partial charge in [-0.15, -0.1) is 0 Å². The van der Waals surface area contributed by atoms with Crippen molar-refractivity contribution >= 4 is 49.2 Å². The third kappa shape index (κ3) is 4.17. The summed E-state index contributed by atoms with van der Waals surface area (Å²) in [6.45, 7) is 5.06. The minimum Gasteiger partial charge on any atom is -0.370 e. The number of nitrogens with one attached hydrogen (secondary N) is 2. The molecule has 2 aromatic rings. The predicted molar refractivity (Wildman–Crippen MR) is 95.3 cm³/mol. The topological polar surface area (TPSA) is 49.8 Å². The highest BCUT2D eigenvalue weighted by Gasteiger charge is 2.11. The summed E-state index contributed by atoms with van der Waals surface area (Å²) in [5.74, 6) is 1.75. The van der Waals surface area contributed by atoms with Crippen LogP contribution in [0.2, 0.25) is 0 Å². The molecule has 0 bridgehead atoms. The zero-order chi connectivity index (χ0) is 15.2. The second-order valence-electron chi connectivity index (χ2n) is 4.58. The van der Waals surface area contributed by atoms with Crippen LogP contribution in [0, 0.1) is 0 Å². The molecule has 0 unspecified atom stereocenters. The van der Waals surface area contributed by atoms with E-state index in [0.29, 0.717) is 0 Å². The molecule has 2 rings (SSSR count). The summed E-state index contributed by atoms with van der Waals surface area (Å²) in [5, 5.41) is 6.70. The van der Waals surface area contributed by atoms with Crippen molar-refractivity contribution in [2.75, 3.05) is 17.2 Å². The Hall–Kier alpha value is -1.14. The molecule has 0 spiro atoms. The summed E-state index contributed by atoms with van der Waals surface area (Å²) in [6, 6.07) is 6.01. The molecular formula is C15H18Br2N4. The molecule has 112 valence electrons. The normalized spacial score (nSPS) is 10.5. The van der Waals surface area contributed by atoms with Gasteiger partial charge in [0.15, 0.2) is 0 Å². The summed E-state index contributed by atoms with van der Waals surface area (Å²) in [5.41, 5.74) is 2.09. The molecule has 1 aromatic carbocycles. The second-order valence-corrected chi connectivity index (χ2v) is 6.35. The quantitative estimate of drug-likeness (QED) is 0.689. The Balaban J connectivity index is 2.38. The zero-order valence-electron chi connectivity index (χ0n) is 12.1.